The van der Waals surface area contributed by atoms with Gasteiger partial charge in [0.1, 0.15) is 0 Å². The molecular formula is C50H40N4O2. The number of fused-ring (bicyclic) bond motifs is 8. The number of aryl methyl sites for hydroxylation is 3. The van der Waals surface area contributed by atoms with Crippen LogP contribution in [0, 0.1) is 20.8 Å². The van der Waals surface area contributed by atoms with Gasteiger partial charge in [-0.3, -0.25) is 0 Å². The van der Waals surface area contributed by atoms with Gasteiger partial charge in [0.2, 0.25) is 0 Å². The average molecular weight is 729 g/mol. The van der Waals surface area contributed by atoms with Crippen LogP contribution in [-0.4, -0.2) is 32.5 Å². The summed E-state index contributed by atoms with van der Waals surface area (Å²) in [6.45, 7) is 8.39. The minimum atomic E-state index is -0.381. The number of benzene rings is 4. The first kappa shape index (κ1) is 34.7. The number of hydrogen-bond donors (Lipinski definition) is 2. The van der Waals surface area contributed by atoms with E-state index in [4.69, 9.17) is 14.7 Å². The molecule has 0 unspecified atom stereocenters. The fraction of sp³-hybridized carbons (Fsp3) is 0.100. The van der Waals surface area contributed by atoms with Gasteiger partial charge < -0.3 is 14.7 Å². The number of H-pyrrole nitrogens is 2. The van der Waals surface area contributed by atoms with Gasteiger partial charge in [0.05, 0.1) is 34.9 Å². The summed E-state index contributed by atoms with van der Waals surface area (Å²) in [5.41, 5.74) is 18.5. The molecule has 2 aliphatic rings. The Balaban J connectivity index is 1.47. The molecule has 3 aromatic heterocycles. The molecule has 6 nitrogen and oxygen atoms in total. The maximum absolute atomic E-state index is 13.5. The van der Waals surface area contributed by atoms with E-state index < -0.39 is 0 Å². The summed E-state index contributed by atoms with van der Waals surface area (Å²) < 4.78 is 5.57. The monoisotopic (exact) mass is 728 g/mol. The standard InChI is InChI=1S/C50H40N4O2/c1-5-56-50(55)37-9-7-6-8-36(37)49-44-28-26-42(53-44)47(34-18-12-31(3)13-19-34)40-24-22-38(51-40)46(33-16-10-30(2)11-17-33)39-23-25-41(52-39)48(43-27-29-45(49)54-43)35-20-14-32(4)15-21-35/h6-29,51,54H,5H2,1-4H3. The van der Waals surface area contributed by atoms with Crippen LogP contribution >= 0.6 is 0 Å². The molecule has 0 radical (unpaired) electrons. The summed E-state index contributed by atoms with van der Waals surface area (Å²) in [6.07, 6.45) is 8.33. The molecule has 9 rings (SSSR count). The van der Waals surface area contributed by atoms with Crippen LogP contribution in [0.25, 0.3) is 90.9 Å². The Hall–Kier alpha value is -7.05. The SMILES string of the molecule is CCOC(=O)c1ccccc1-c1c2nc(c(-c3ccc(C)cc3)c3ccc([nH]3)c(-c3ccc(C)cc3)c3nc(c(-c4ccc(C)cc4)c4ccc1[nH]4)C=C3)C=C2. The van der Waals surface area contributed by atoms with Crippen molar-refractivity contribution in [3.63, 3.8) is 0 Å². The Morgan fingerprint density at radius 3 is 1.23 bits per heavy atom. The molecule has 0 saturated carbocycles. The first-order valence-corrected chi connectivity index (χ1v) is 19.0. The third kappa shape index (κ3) is 6.35. The molecule has 272 valence electrons. The minimum Gasteiger partial charge on any atom is -0.462 e. The zero-order valence-electron chi connectivity index (χ0n) is 31.8. The molecule has 0 spiro atoms. The lowest BCUT2D eigenvalue weighted by molar-refractivity contribution is 0.0527. The summed E-state index contributed by atoms with van der Waals surface area (Å²) in [7, 11) is 0. The number of rotatable bonds is 6. The molecule has 4 aromatic carbocycles. The van der Waals surface area contributed by atoms with Crippen molar-refractivity contribution in [1.82, 2.24) is 19.9 Å². The predicted octanol–water partition coefficient (Wildman–Crippen LogP) is 12.4. The number of aromatic amines is 2. The molecule has 7 aromatic rings. The van der Waals surface area contributed by atoms with Gasteiger partial charge in [-0.25, -0.2) is 14.8 Å². The van der Waals surface area contributed by atoms with Gasteiger partial charge in [-0.1, -0.05) is 108 Å². The highest BCUT2D eigenvalue weighted by Gasteiger charge is 2.22. The minimum absolute atomic E-state index is 0.271. The molecular weight excluding hydrogens is 689 g/mol. The van der Waals surface area contributed by atoms with Crippen LogP contribution in [0.4, 0.5) is 0 Å². The number of ether oxygens (including phenoxy) is 1. The van der Waals surface area contributed by atoms with Crippen molar-refractivity contribution in [2.45, 2.75) is 27.7 Å². The number of aromatic nitrogens is 4. The smallest absolute Gasteiger partial charge is 0.338 e. The Morgan fingerprint density at radius 1 is 0.482 bits per heavy atom. The molecule has 2 aliphatic heterocycles. The summed E-state index contributed by atoms with van der Waals surface area (Å²) in [5, 5.41) is 0. The third-order valence-corrected chi connectivity index (χ3v) is 10.5. The van der Waals surface area contributed by atoms with Gasteiger partial charge >= 0.3 is 5.97 Å². The first-order chi connectivity index (χ1) is 27.3. The largest absolute Gasteiger partial charge is 0.462 e. The number of carbonyl (C=O) groups excluding carboxylic acids is 1. The van der Waals surface area contributed by atoms with Gasteiger partial charge in [0.15, 0.2) is 0 Å². The van der Waals surface area contributed by atoms with Crippen LogP contribution in [-0.2, 0) is 4.74 Å². The number of carbonyl (C=O) groups is 1. The van der Waals surface area contributed by atoms with Crippen LogP contribution in [0.2, 0.25) is 0 Å². The van der Waals surface area contributed by atoms with Crippen molar-refractivity contribution >= 4 is 52.3 Å². The van der Waals surface area contributed by atoms with Gasteiger partial charge in [0, 0.05) is 49.9 Å². The Kier molecular flexibility index (Phi) is 8.87. The van der Waals surface area contributed by atoms with Crippen LogP contribution < -0.4 is 0 Å². The van der Waals surface area contributed by atoms with Crippen LogP contribution in [0.5, 0.6) is 0 Å². The highest BCUT2D eigenvalue weighted by atomic mass is 16.5. The van der Waals surface area contributed by atoms with Gasteiger partial charge in [-0.2, -0.15) is 0 Å². The highest BCUT2D eigenvalue weighted by molar-refractivity contribution is 6.04. The summed E-state index contributed by atoms with van der Waals surface area (Å²) in [4.78, 5) is 31.9. The summed E-state index contributed by atoms with van der Waals surface area (Å²) in [6, 6.07) is 41.8. The molecule has 2 N–H and O–H groups in total. The summed E-state index contributed by atoms with van der Waals surface area (Å²) >= 11 is 0. The number of nitrogens with one attached hydrogen (secondary N) is 2. The maximum atomic E-state index is 13.5. The van der Waals surface area contributed by atoms with Gasteiger partial charge in [-0.15, -0.1) is 0 Å². The van der Waals surface area contributed by atoms with E-state index in [-0.39, 0.29) is 12.6 Å². The maximum Gasteiger partial charge on any atom is 0.338 e. The number of hydrogen-bond acceptors (Lipinski definition) is 4. The molecule has 0 amide bonds. The van der Waals surface area contributed by atoms with Crippen molar-refractivity contribution in [3.05, 3.63) is 166 Å². The molecule has 0 saturated heterocycles. The molecule has 8 bridgehead atoms. The van der Waals surface area contributed by atoms with E-state index in [2.05, 4.69) is 146 Å². The summed E-state index contributed by atoms with van der Waals surface area (Å²) in [5.74, 6) is -0.381. The lowest BCUT2D eigenvalue weighted by atomic mass is 9.98. The van der Waals surface area contributed by atoms with Gasteiger partial charge in [-0.05, 0) is 99.0 Å². The molecule has 56 heavy (non-hydrogen) atoms. The number of nitrogens with zero attached hydrogens (tertiary/aromatic N) is 2. The first-order valence-electron chi connectivity index (χ1n) is 19.0. The molecule has 5 heterocycles. The molecule has 0 aliphatic carbocycles. The zero-order valence-corrected chi connectivity index (χ0v) is 31.8. The Morgan fingerprint density at radius 2 is 0.839 bits per heavy atom. The second-order valence-corrected chi connectivity index (χ2v) is 14.4. The quantitative estimate of drug-likeness (QED) is 0.167. The molecule has 0 atom stereocenters. The third-order valence-electron chi connectivity index (χ3n) is 10.5. The van der Waals surface area contributed by atoms with E-state index in [1.165, 1.54) is 16.7 Å². The van der Waals surface area contributed by atoms with E-state index in [1.807, 2.05) is 37.3 Å². The van der Waals surface area contributed by atoms with Crippen molar-refractivity contribution in [1.29, 1.82) is 0 Å². The lowest BCUT2D eigenvalue weighted by Gasteiger charge is -2.10. The van der Waals surface area contributed by atoms with E-state index in [0.29, 0.717) is 5.56 Å². The second-order valence-electron chi connectivity index (χ2n) is 14.4. The van der Waals surface area contributed by atoms with Crippen LogP contribution in [0.1, 0.15) is 56.7 Å². The number of esters is 1. The fourth-order valence-corrected chi connectivity index (χ4v) is 7.65. The average Bonchev–Trinajstić information content (AvgIpc) is 4.05. The normalized spacial score (nSPS) is 11.9. The second kappa shape index (κ2) is 14.3. The Bertz CT molecular complexity index is 2850. The topological polar surface area (TPSA) is 83.7 Å². The molecule has 6 heteroatoms. The highest BCUT2D eigenvalue weighted by Crippen LogP contribution is 2.39. The molecule has 0 fully saturated rings. The fourth-order valence-electron chi connectivity index (χ4n) is 7.65. The van der Waals surface area contributed by atoms with Crippen molar-refractivity contribution in [3.8, 4) is 44.5 Å². The van der Waals surface area contributed by atoms with E-state index >= 15 is 0 Å². The van der Waals surface area contributed by atoms with E-state index in [9.17, 15) is 4.79 Å². The van der Waals surface area contributed by atoms with Crippen LogP contribution in [0.3, 0.4) is 0 Å². The van der Waals surface area contributed by atoms with E-state index in [0.717, 1.165) is 89.4 Å². The van der Waals surface area contributed by atoms with Crippen molar-refractivity contribution in [2.75, 3.05) is 6.61 Å². The van der Waals surface area contributed by atoms with E-state index in [1.54, 1.807) is 0 Å². The Labute approximate surface area is 325 Å². The van der Waals surface area contributed by atoms with Crippen LogP contribution in [0.15, 0.2) is 121 Å². The lowest BCUT2D eigenvalue weighted by Crippen LogP contribution is -2.06. The van der Waals surface area contributed by atoms with Gasteiger partial charge in [0.25, 0.3) is 0 Å². The van der Waals surface area contributed by atoms with Crippen molar-refractivity contribution < 1.29 is 9.53 Å². The van der Waals surface area contributed by atoms with Crippen molar-refractivity contribution in [2.24, 2.45) is 0 Å². The zero-order chi connectivity index (χ0) is 38.3. The predicted molar refractivity (Wildman–Crippen MR) is 231 cm³/mol.